The van der Waals surface area contributed by atoms with Gasteiger partial charge in [0.25, 0.3) is 11.7 Å². The summed E-state index contributed by atoms with van der Waals surface area (Å²) in [5.41, 5.74) is -0.993. The van der Waals surface area contributed by atoms with Gasteiger partial charge in [-0.3, -0.25) is 4.79 Å². The summed E-state index contributed by atoms with van der Waals surface area (Å²) in [6.45, 7) is 0. The minimum Gasteiger partial charge on any atom is -0.494 e. The monoisotopic (exact) mass is 255 g/mol. The average molecular weight is 256 g/mol. The van der Waals surface area contributed by atoms with E-state index >= 15 is 0 Å². The fraction of sp³-hybridized carbons (Fsp3) is 0.250. The molecule has 0 aliphatic heterocycles. The lowest BCUT2D eigenvalue weighted by atomic mass is 10.2. The van der Waals surface area contributed by atoms with Gasteiger partial charge in [0, 0.05) is 0 Å². The number of nitrogens with zero attached hydrogens (tertiary/aromatic N) is 1. The maximum absolute atomic E-state index is 12.4. The quantitative estimate of drug-likeness (QED) is 0.780. The van der Waals surface area contributed by atoms with Gasteiger partial charge in [-0.05, 0) is 11.6 Å². The number of aromatic nitrogens is 1. The highest BCUT2D eigenvalue weighted by atomic mass is 35.5. The molecular weight excluding hydrogens is 251 g/mol. The third-order valence-corrected chi connectivity index (χ3v) is 2.21. The van der Waals surface area contributed by atoms with Crippen LogP contribution in [-0.2, 0) is 0 Å². The van der Waals surface area contributed by atoms with Crippen molar-refractivity contribution in [3.8, 4) is 5.75 Å². The van der Waals surface area contributed by atoms with Crippen LogP contribution in [0.2, 0.25) is 5.02 Å². The van der Waals surface area contributed by atoms with Gasteiger partial charge in [0.15, 0.2) is 5.75 Å². The van der Waals surface area contributed by atoms with Crippen molar-refractivity contribution in [1.29, 1.82) is 0 Å². The Labute approximate surface area is 94.0 Å². The van der Waals surface area contributed by atoms with E-state index in [2.05, 4.69) is 4.98 Å². The van der Waals surface area contributed by atoms with Crippen molar-refractivity contribution in [1.82, 2.24) is 4.98 Å². The van der Waals surface area contributed by atoms with Crippen LogP contribution < -0.4 is 4.74 Å². The van der Waals surface area contributed by atoms with Crippen LogP contribution in [0.4, 0.5) is 8.78 Å². The van der Waals surface area contributed by atoms with E-state index in [1.54, 1.807) is 0 Å². The van der Waals surface area contributed by atoms with Crippen LogP contribution in [0.5, 0.6) is 5.75 Å². The lowest BCUT2D eigenvalue weighted by Crippen LogP contribution is -2.02. The van der Waals surface area contributed by atoms with E-state index in [0.717, 1.165) is 6.20 Å². The third kappa shape index (κ3) is 2.35. The molecule has 0 amide bonds. The van der Waals surface area contributed by atoms with Crippen molar-refractivity contribution in [2.75, 3.05) is 7.11 Å². The van der Waals surface area contributed by atoms with E-state index in [4.69, 9.17) is 27.9 Å². The van der Waals surface area contributed by atoms with Crippen LogP contribution in [0.1, 0.15) is 22.5 Å². The SMILES string of the molecule is COc1cnc(C(F)F)c(Cl)c1C(=O)Cl. The van der Waals surface area contributed by atoms with Crippen molar-refractivity contribution in [3.63, 3.8) is 0 Å². The third-order valence-electron chi connectivity index (χ3n) is 1.63. The molecule has 0 aliphatic rings. The standard InChI is InChI=1S/C8H5Cl2F2NO2/c1-15-3-2-13-6(8(11)12)5(9)4(3)7(10)14/h2,8H,1H3. The highest BCUT2D eigenvalue weighted by molar-refractivity contribution is 6.69. The molecule has 0 saturated carbocycles. The van der Waals surface area contributed by atoms with Crippen molar-refractivity contribution in [2.24, 2.45) is 0 Å². The molecule has 0 aromatic carbocycles. The average Bonchev–Trinajstić information content (AvgIpc) is 2.15. The molecule has 0 aliphatic carbocycles. The predicted octanol–water partition coefficient (Wildman–Crippen LogP) is 3.06. The van der Waals surface area contributed by atoms with Crippen molar-refractivity contribution in [3.05, 3.63) is 22.5 Å². The van der Waals surface area contributed by atoms with Crippen molar-refractivity contribution in [2.45, 2.75) is 6.43 Å². The second-order valence-corrected chi connectivity index (χ2v) is 3.20. The number of rotatable bonds is 3. The molecule has 3 nitrogen and oxygen atoms in total. The molecule has 1 aromatic rings. The van der Waals surface area contributed by atoms with E-state index in [1.807, 2.05) is 0 Å². The molecule has 0 bridgehead atoms. The van der Waals surface area contributed by atoms with E-state index < -0.39 is 22.4 Å². The number of carbonyl (C=O) groups is 1. The second kappa shape index (κ2) is 4.72. The molecule has 7 heteroatoms. The van der Waals surface area contributed by atoms with Gasteiger partial charge in [-0.2, -0.15) is 0 Å². The number of hydrogen-bond acceptors (Lipinski definition) is 3. The Kier molecular flexibility index (Phi) is 3.82. The summed E-state index contributed by atoms with van der Waals surface area (Å²) in [5.74, 6) is -0.0376. The fourth-order valence-corrected chi connectivity index (χ4v) is 1.52. The number of methoxy groups -OCH3 is 1. The zero-order valence-electron chi connectivity index (χ0n) is 7.43. The molecule has 0 radical (unpaired) electrons. The first-order valence-corrected chi connectivity index (χ1v) is 4.45. The Hall–Kier alpha value is -0.940. The summed E-state index contributed by atoms with van der Waals surface area (Å²) < 4.78 is 29.5. The number of ether oxygens (including phenoxy) is 1. The maximum atomic E-state index is 12.4. The normalized spacial score (nSPS) is 10.5. The molecule has 1 aromatic heterocycles. The summed E-state index contributed by atoms with van der Waals surface area (Å²) in [7, 11) is 1.25. The van der Waals surface area contributed by atoms with Gasteiger partial charge in [-0.25, -0.2) is 13.8 Å². The van der Waals surface area contributed by atoms with Gasteiger partial charge in [-0.15, -0.1) is 0 Å². The molecule has 1 heterocycles. The molecule has 0 saturated heterocycles. The van der Waals surface area contributed by atoms with Gasteiger partial charge < -0.3 is 4.74 Å². The Morgan fingerprint density at radius 1 is 1.60 bits per heavy atom. The molecule has 1 rings (SSSR count). The Bertz CT molecular complexity index is 398. The highest BCUT2D eigenvalue weighted by Crippen LogP contribution is 2.33. The van der Waals surface area contributed by atoms with Gasteiger partial charge in [0.2, 0.25) is 0 Å². The van der Waals surface area contributed by atoms with Crippen LogP contribution in [0.3, 0.4) is 0 Å². The summed E-state index contributed by atoms with van der Waals surface area (Å²) in [5, 5.41) is -1.45. The summed E-state index contributed by atoms with van der Waals surface area (Å²) in [6.07, 6.45) is -1.90. The van der Waals surface area contributed by atoms with E-state index in [1.165, 1.54) is 7.11 Å². The lowest BCUT2D eigenvalue weighted by molar-refractivity contribution is 0.107. The predicted molar refractivity (Wildman–Crippen MR) is 50.9 cm³/mol. The molecule has 15 heavy (non-hydrogen) atoms. The first kappa shape index (κ1) is 12.1. The van der Waals surface area contributed by atoms with E-state index in [9.17, 15) is 13.6 Å². The fourth-order valence-electron chi connectivity index (χ4n) is 0.976. The molecule has 0 N–H and O–H groups in total. The number of halogens is 4. The number of hydrogen-bond donors (Lipinski definition) is 0. The first-order valence-electron chi connectivity index (χ1n) is 3.69. The zero-order chi connectivity index (χ0) is 11.6. The molecule has 0 spiro atoms. The Morgan fingerprint density at radius 2 is 2.20 bits per heavy atom. The molecule has 82 valence electrons. The molecule has 0 unspecified atom stereocenters. The van der Waals surface area contributed by atoms with Gasteiger partial charge >= 0.3 is 0 Å². The smallest absolute Gasteiger partial charge is 0.281 e. The van der Waals surface area contributed by atoms with Crippen molar-refractivity contribution < 1.29 is 18.3 Å². The summed E-state index contributed by atoms with van der Waals surface area (Å²) in [4.78, 5) is 14.3. The Balaban J connectivity index is 3.42. The minimum absolute atomic E-state index is 0.0376. The number of pyridine rings is 1. The molecule has 0 atom stereocenters. The number of carbonyl (C=O) groups excluding carboxylic acids is 1. The van der Waals surface area contributed by atoms with Gasteiger partial charge in [-0.1, -0.05) is 11.6 Å². The zero-order valence-corrected chi connectivity index (χ0v) is 8.94. The largest absolute Gasteiger partial charge is 0.494 e. The van der Waals surface area contributed by atoms with Crippen LogP contribution >= 0.6 is 23.2 Å². The lowest BCUT2D eigenvalue weighted by Gasteiger charge is -2.09. The summed E-state index contributed by atoms with van der Waals surface area (Å²) >= 11 is 10.7. The summed E-state index contributed by atoms with van der Waals surface area (Å²) in [6, 6.07) is 0. The minimum atomic E-state index is -2.88. The van der Waals surface area contributed by atoms with Crippen LogP contribution in [0, 0.1) is 0 Å². The van der Waals surface area contributed by atoms with Gasteiger partial charge in [0.1, 0.15) is 5.69 Å². The van der Waals surface area contributed by atoms with Gasteiger partial charge in [0.05, 0.1) is 23.9 Å². The van der Waals surface area contributed by atoms with Crippen LogP contribution in [0.15, 0.2) is 6.20 Å². The number of alkyl halides is 2. The van der Waals surface area contributed by atoms with E-state index in [-0.39, 0.29) is 11.3 Å². The first-order chi connectivity index (χ1) is 6.99. The maximum Gasteiger partial charge on any atom is 0.281 e. The highest BCUT2D eigenvalue weighted by Gasteiger charge is 2.23. The topological polar surface area (TPSA) is 39.2 Å². The van der Waals surface area contributed by atoms with Crippen molar-refractivity contribution >= 4 is 28.4 Å². The molecule has 0 fully saturated rings. The van der Waals surface area contributed by atoms with E-state index in [0.29, 0.717) is 0 Å². The molecular formula is C8H5Cl2F2NO2. The Morgan fingerprint density at radius 3 is 2.60 bits per heavy atom. The second-order valence-electron chi connectivity index (χ2n) is 2.48. The van der Waals surface area contributed by atoms with Crippen LogP contribution in [-0.4, -0.2) is 17.3 Å². The van der Waals surface area contributed by atoms with Crippen LogP contribution in [0.25, 0.3) is 0 Å².